The van der Waals surface area contributed by atoms with Gasteiger partial charge < -0.3 is 0 Å². The van der Waals surface area contributed by atoms with Gasteiger partial charge in [0.2, 0.25) is 0 Å². The third-order valence-electron chi connectivity index (χ3n) is 5.05. The van der Waals surface area contributed by atoms with Crippen LogP contribution in [-0.2, 0) is 0 Å². The van der Waals surface area contributed by atoms with E-state index in [-0.39, 0.29) is 17.2 Å². The minimum Gasteiger partial charge on any atom is -0.264 e. The summed E-state index contributed by atoms with van der Waals surface area (Å²) in [5.74, 6) is -0.377. The molecule has 34 heavy (non-hydrogen) atoms. The van der Waals surface area contributed by atoms with Crippen LogP contribution < -0.4 is 0 Å². The zero-order valence-electron chi connectivity index (χ0n) is 21.0. The van der Waals surface area contributed by atoms with Crippen LogP contribution in [0.5, 0.6) is 0 Å². The van der Waals surface area contributed by atoms with Crippen LogP contribution >= 0.6 is 11.6 Å². The Bertz CT molecular complexity index is 980. The number of pyridine rings is 1. The summed E-state index contributed by atoms with van der Waals surface area (Å²) in [6.45, 7) is 13.7. The predicted octanol–water partition coefficient (Wildman–Crippen LogP) is 8.45. The molecule has 0 bridgehead atoms. The molecule has 0 N–H and O–H groups in total. The smallest absolute Gasteiger partial charge is 0.165 e. The van der Waals surface area contributed by atoms with E-state index in [2.05, 4.69) is 43.3 Å². The van der Waals surface area contributed by atoms with Crippen molar-refractivity contribution < 1.29 is 4.39 Å². The number of allylic oxidation sites excluding steroid dienone is 7. The molecule has 0 amide bonds. The van der Waals surface area contributed by atoms with Crippen LogP contribution in [0, 0.1) is 0 Å². The standard InChI is InChI=1S/C24H28FN3.C5H9Cl/c1-5-7-14-24(10-6-2)28(27-19(3)22-12-9-17-26-18-22)20(4)21-11-8-13-23(25)16-15-21;1-3-5(6)4-2/h5,7-12,15-18,20H,6,14H2,1-4H3;3,5H,1,4H2,2H3/b7-5+,24-10+,27-19+;. The third-order valence-corrected chi connectivity index (χ3v) is 5.53. The van der Waals surface area contributed by atoms with Crippen LogP contribution in [0.2, 0.25) is 0 Å². The minimum absolute atomic E-state index is 0.0742. The summed E-state index contributed by atoms with van der Waals surface area (Å²) in [5, 5.41) is 7.14. The van der Waals surface area contributed by atoms with Gasteiger partial charge in [-0.25, -0.2) is 0 Å². The van der Waals surface area contributed by atoms with E-state index in [1.54, 1.807) is 24.4 Å². The topological polar surface area (TPSA) is 28.5 Å². The number of hydrogen-bond acceptors (Lipinski definition) is 3. The first-order valence-electron chi connectivity index (χ1n) is 11.7. The normalized spacial score (nSPS) is 15.6. The van der Waals surface area contributed by atoms with Crippen LogP contribution in [0.25, 0.3) is 0 Å². The van der Waals surface area contributed by atoms with Crippen LogP contribution in [0.15, 0.2) is 108 Å². The Morgan fingerprint density at radius 1 is 1.35 bits per heavy atom. The Labute approximate surface area is 210 Å². The van der Waals surface area contributed by atoms with Gasteiger partial charge >= 0.3 is 0 Å². The van der Waals surface area contributed by atoms with E-state index in [1.807, 2.05) is 56.3 Å². The molecule has 0 saturated carbocycles. The van der Waals surface area contributed by atoms with Crippen molar-refractivity contribution in [1.29, 1.82) is 0 Å². The fourth-order valence-electron chi connectivity index (χ4n) is 3.02. The Morgan fingerprint density at radius 2 is 2.12 bits per heavy atom. The second-order valence-corrected chi connectivity index (χ2v) is 8.20. The zero-order chi connectivity index (χ0) is 25.3. The van der Waals surface area contributed by atoms with Gasteiger partial charge in [-0.3, -0.25) is 9.99 Å². The lowest BCUT2D eigenvalue weighted by atomic mass is 10.1. The third kappa shape index (κ3) is 10.3. The fourth-order valence-corrected chi connectivity index (χ4v) is 3.02. The van der Waals surface area contributed by atoms with E-state index in [0.29, 0.717) is 0 Å². The van der Waals surface area contributed by atoms with Gasteiger partial charge in [0, 0.05) is 30.1 Å². The van der Waals surface area contributed by atoms with Crippen molar-refractivity contribution in [3.05, 3.63) is 108 Å². The predicted molar refractivity (Wildman–Crippen MR) is 146 cm³/mol. The zero-order valence-corrected chi connectivity index (χ0v) is 21.8. The molecule has 182 valence electrons. The highest BCUT2D eigenvalue weighted by molar-refractivity contribution is 6.21. The maximum Gasteiger partial charge on any atom is 0.165 e. The molecule has 0 aliphatic heterocycles. The average Bonchev–Trinajstić information content (AvgIpc) is 3.09. The molecule has 2 rings (SSSR count). The highest BCUT2D eigenvalue weighted by Gasteiger charge is 2.19. The molecule has 1 heterocycles. The van der Waals surface area contributed by atoms with Gasteiger partial charge in [0.25, 0.3) is 0 Å². The van der Waals surface area contributed by atoms with Gasteiger partial charge in [-0.1, -0.05) is 56.0 Å². The molecule has 2 atom stereocenters. The number of halogens is 2. The average molecular weight is 482 g/mol. The van der Waals surface area contributed by atoms with E-state index in [1.165, 1.54) is 6.08 Å². The maximum absolute atomic E-state index is 13.5. The van der Waals surface area contributed by atoms with E-state index in [9.17, 15) is 4.39 Å². The van der Waals surface area contributed by atoms with Gasteiger partial charge in [0.05, 0.1) is 17.1 Å². The van der Waals surface area contributed by atoms with Gasteiger partial charge in [0.1, 0.15) is 0 Å². The Balaban J connectivity index is 0.000000852. The number of alkyl halides is 1. The molecule has 1 aliphatic rings. The van der Waals surface area contributed by atoms with Crippen LogP contribution in [0.1, 0.15) is 59.4 Å². The van der Waals surface area contributed by atoms with Crippen molar-refractivity contribution in [2.45, 2.75) is 65.3 Å². The molecule has 1 aromatic rings. The van der Waals surface area contributed by atoms with E-state index < -0.39 is 0 Å². The minimum atomic E-state index is -0.377. The molecule has 0 fully saturated rings. The summed E-state index contributed by atoms with van der Waals surface area (Å²) < 4.78 is 13.5. The Morgan fingerprint density at radius 3 is 2.68 bits per heavy atom. The molecule has 1 aromatic heterocycles. The maximum atomic E-state index is 13.5. The fraction of sp³-hybridized carbons (Fsp3) is 0.345. The number of nitrogens with zero attached hydrogens (tertiary/aromatic N) is 3. The quantitative estimate of drug-likeness (QED) is 0.110. The van der Waals surface area contributed by atoms with Gasteiger partial charge in [-0.2, -0.15) is 9.49 Å². The largest absolute Gasteiger partial charge is 0.264 e. The molecule has 0 saturated heterocycles. The van der Waals surface area contributed by atoms with Crippen LogP contribution in [0.3, 0.4) is 0 Å². The van der Waals surface area contributed by atoms with Crippen molar-refractivity contribution in [2.24, 2.45) is 5.10 Å². The second-order valence-electron chi connectivity index (χ2n) is 7.64. The summed E-state index contributed by atoms with van der Waals surface area (Å²) in [6.07, 6.45) is 21.0. The van der Waals surface area contributed by atoms with Crippen molar-refractivity contribution in [3.63, 3.8) is 0 Å². The monoisotopic (exact) mass is 481 g/mol. The number of hydrogen-bond donors (Lipinski definition) is 0. The molecule has 0 aromatic carbocycles. The van der Waals surface area contributed by atoms with E-state index >= 15 is 0 Å². The molecule has 3 nitrogen and oxygen atoms in total. The summed E-state index contributed by atoms with van der Waals surface area (Å²) in [6, 6.07) is 3.83. The lowest BCUT2D eigenvalue weighted by Crippen LogP contribution is -2.30. The van der Waals surface area contributed by atoms with Gasteiger partial charge in [0.15, 0.2) is 5.83 Å². The van der Waals surface area contributed by atoms with Crippen molar-refractivity contribution in [2.75, 3.05) is 0 Å². The van der Waals surface area contributed by atoms with Crippen LogP contribution in [-0.4, -0.2) is 27.1 Å². The summed E-state index contributed by atoms with van der Waals surface area (Å²) >= 11 is 5.53. The highest BCUT2D eigenvalue weighted by Crippen LogP contribution is 2.23. The van der Waals surface area contributed by atoms with Crippen molar-refractivity contribution in [3.8, 4) is 0 Å². The molecule has 1 aliphatic carbocycles. The molecule has 2 unspecified atom stereocenters. The Hall–Kier alpha value is -2.94. The van der Waals surface area contributed by atoms with E-state index in [4.69, 9.17) is 16.7 Å². The molecular formula is C29H37ClFN3. The number of hydrazone groups is 1. The molecule has 5 heteroatoms. The summed E-state index contributed by atoms with van der Waals surface area (Å²) in [5.41, 5.74) is 6.51. The Kier molecular flexibility index (Phi) is 14.2. The lowest BCUT2D eigenvalue weighted by Gasteiger charge is -2.30. The summed E-state index contributed by atoms with van der Waals surface area (Å²) in [7, 11) is 0. The van der Waals surface area contributed by atoms with Gasteiger partial charge in [-0.05, 0) is 63.5 Å². The first-order chi connectivity index (χ1) is 16.4. The second kappa shape index (κ2) is 16.6. The highest BCUT2D eigenvalue weighted by atomic mass is 35.5. The first-order valence-corrected chi connectivity index (χ1v) is 12.1. The SMILES string of the molecule is C/C=C/C/C(=C\CC)N(/N=C(\C)c1cccnc1)C(C)C1=CC=C=C(F)C=C1.C=CC(Cl)CC. The molecular weight excluding hydrogens is 445 g/mol. The van der Waals surface area contributed by atoms with Gasteiger partial charge in [-0.15, -0.1) is 18.2 Å². The molecule has 0 spiro atoms. The summed E-state index contributed by atoms with van der Waals surface area (Å²) in [4.78, 5) is 4.19. The lowest BCUT2D eigenvalue weighted by molar-refractivity contribution is 0.309. The van der Waals surface area contributed by atoms with E-state index in [0.717, 1.165) is 41.8 Å². The number of rotatable bonds is 10. The van der Waals surface area contributed by atoms with Crippen molar-refractivity contribution in [1.82, 2.24) is 9.99 Å². The number of aromatic nitrogens is 1. The molecule has 0 radical (unpaired) electrons. The van der Waals surface area contributed by atoms with Crippen molar-refractivity contribution >= 4 is 17.3 Å². The van der Waals surface area contributed by atoms with Crippen LogP contribution in [0.4, 0.5) is 4.39 Å². The first kappa shape index (κ1) is 29.1.